The lowest BCUT2D eigenvalue weighted by molar-refractivity contribution is -0.143. The summed E-state index contributed by atoms with van der Waals surface area (Å²) in [7, 11) is 1.39. The highest BCUT2D eigenvalue weighted by molar-refractivity contribution is 5.75. The first-order valence-electron chi connectivity index (χ1n) is 4.20. The van der Waals surface area contributed by atoms with Gasteiger partial charge in [0, 0.05) is 6.04 Å². The van der Waals surface area contributed by atoms with E-state index in [0.29, 0.717) is 12.5 Å². The van der Waals surface area contributed by atoms with Crippen LogP contribution in [0.25, 0.3) is 0 Å². The zero-order chi connectivity index (χ0) is 9.56. The van der Waals surface area contributed by atoms with Gasteiger partial charge in [0.2, 0.25) is 0 Å². The smallest absolute Gasteiger partial charge is 0.324 e. The van der Waals surface area contributed by atoms with E-state index in [9.17, 15) is 4.79 Å². The van der Waals surface area contributed by atoms with Crippen LogP contribution in [-0.4, -0.2) is 25.2 Å². The fraction of sp³-hybridized carbons (Fsp3) is 0.875. The van der Waals surface area contributed by atoms with Gasteiger partial charge in [0.15, 0.2) is 0 Å². The number of methoxy groups -OCH3 is 1. The average Bonchev–Trinajstić information content (AvgIpc) is 2.04. The Balaban J connectivity index is 3.75. The fourth-order valence-electron chi connectivity index (χ4n) is 0.737. The van der Waals surface area contributed by atoms with Crippen LogP contribution in [0.2, 0.25) is 0 Å². The predicted molar refractivity (Wildman–Crippen MR) is 47.5 cm³/mol. The van der Waals surface area contributed by atoms with Crippen molar-refractivity contribution in [2.45, 2.75) is 39.3 Å². The van der Waals surface area contributed by atoms with Gasteiger partial charge in [-0.3, -0.25) is 10.2 Å². The molecule has 0 aromatic heterocycles. The van der Waals surface area contributed by atoms with Crippen molar-refractivity contribution in [3.05, 3.63) is 0 Å². The molecule has 0 heterocycles. The molecule has 0 aliphatic heterocycles. The zero-order valence-corrected chi connectivity index (χ0v) is 8.18. The van der Waals surface area contributed by atoms with Crippen molar-refractivity contribution in [3.8, 4) is 0 Å². The van der Waals surface area contributed by atoms with E-state index >= 15 is 0 Å². The molecule has 0 aromatic rings. The number of carbonyl (C=O) groups is 1. The lowest BCUT2D eigenvalue weighted by Crippen LogP contribution is -2.48. The fourth-order valence-corrected chi connectivity index (χ4v) is 0.737. The lowest BCUT2D eigenvalue weighted by Gasteiger charge is -2.16. The van der Waals surface area contributed by atoms with Crippen LogP contribution in [0.5, 0.6) is 0 Å². The van der Waals surface area contributed by atoms with E-state index in [4.69, 9.17) is 0 Å². The van der Waals surface area contributed by atoms with Crippen molar-refractivity contribution in [2.75, 3.05) is 7.11 Å². The second kappa shape index (κ2) is 5.97. The Hall–Kier alpha value is -0.610. The predicted octanol–water partition coefficient (Wildman–Crippen LogP) is 0.441. The highest BCUT2D eigenvalue weighted by atomic mass is 16.5. The number of hydrogen-bond acceptors (Lipinski definition) is 4. The maximum absolute atomic E-state index is 11.0. The second-order valence-corrected chi connectivity index (χ2v) is 2.93. The van der Waals surface area contributed by atoms with E-state index in [2.05, 4.69) is 15.6 Å². The molecule has 0 amide bonds. The van der Waals surface area contributed by atoms with E-state index in [1.165, 1.54) is 7.11 Å². The first-order chi connectivity index (χ1) is 5.61. The SMILES string of the molecule is CCC(NNC(C)C)C(=O)OC. The largest absolute Gasteiger partial charge is 0.468 e. The third-order valence-electron chi connectivity index (χ3n) is 1.44. The minimum Gasteiger partial charge on any atom is -0.468 e. The van der Waals surface area contributed by atoms with Gasteiger partial charge in [0.05, 0.1) is 7.11 Å². The third-order valence-corrected chi connectivity index (χ3v) is 1.44. The molecule has 1 atom stereocenters. The summed E-state index contributed by atoms with van der Waals surface area (Å²) in [5.74, 6) is -0.231. The Bertz CT molecular complexity index is 137. The molecule has 1 unspecified atom stereocenters. The summed E-state index contributed by atoms with van der Waals surface area (Å²) in [4.78, 5) is 11.0. The monoisotopic (exact) mass is 174 g/mol. The van der Waals surface area contributed by atoms with E-state index < -0.39 is 0 Å². The summed E-state index contributed by atoms with van der Waals surface area (Å²) in [6.45, 7) is 5.92. The van der Waals surface area contributed by atoms with Gasteiger partial charge < -0.3 is 4.74 Å². The van der Waals surface area contributed by atoms with Crippen LogP contribution in [0.4, 0.5) is 0 Å². The highest BCUT2D eigenvalue weighted by Gasteiger charge is 2.15. The molecule has 0 rings (SSSR count). The van der Waals surface area contributed by atoms with Crippen LogP contribution in [0, 0.1) is 0 Å². The molecule has 12 heavy (non-hydrogen) atoms. The summed E-state index contributed by atoms with van der Waals surface area (Å²) < 4.78 is 4.59. The van der Waals surface area contributed by atoms with Gasteiger partial charge >= 0.3 is 5.97 Å². The Kier molecular flexibility index (Phi) is 5.66. The van der Waals surface area contributed by atoms with Gasteiger partial charge in [-0.2, -0.15) is 0 Å². The van der Waals surface area contributed by atoms with Crippen LogP contribution in [0.1, 0.15) is 27.2 Å². The first-order valence-corrected chi connectivity index (χ1v) is 4.20. The van der Waals surface area contributed by atoms with Crippen LogP contribution in [0.3, 0.4) is 0 Å². The number of ether oxygens (including phenoxy) is 1. The van der Waals surface area contributed by atoms with Gasteiger partial charge in [-0.1, -0.05) is 6.92 Å². The molecule has 4 heteroatoms. The third kappa shape index (κ3) is 4.31. The summed E-state index contributed by atoms with van der Waals surface area (Å²) in [6.07, 6.45) is 0.715. The summed E-state index contributed by atoms with van der Waals surface area (Å²) in [5, 5.41) is 0. The molecule has 0 saturated heterocycles. The van der Waals surface area contributed by atoms with Crippen LogP contribution in [0.15, 0.2) is 0 Å². The van der Waals surface area contributed by atoms with E-state index in [1.54, 1.807) is 0 Å². The van der Waals surface area contributed by atoms with Gasteiger partial charge in [-0.05, 0) is 20.3 Å². The molecule has 0 spiro atoms. The second-order valence-electron chi connectivity index (χ2n) is 2.93. The van der Waals surface area contributed by atoms with E-state index in [1.807, 2.05) is 20.8 Å². The van der Waals surface area contributed by atoms with Gasteiger partial charge in [0.1, 0.15) is 6.04 Å². The minimum absolute atomic E-state index is 0.231. The van der Waals surface area contributed by atoms with Crippen molar-refractivity contribution in [3.63, 3.8) is 0 Å². The topological polar surface area (TPSA) is 50.4 Å². The standard InChI is InChI=1S/C8H18N2O2/c1-5-7(8(11)12-4)10-9-6(2)3/h6-7,9-10H,5H2,1-4H3. The number of nitrogens with one attached hydrogen (secondary N) is 2. The van der Waals surface area contributed by atoms with Crippen molar-refractivity contribution in [2.24, 2.45) is 0 Å². The molecule has 4 nitrogen and oxygen atoms in total. The lowest BCUT2D eigenvalue weighted by atomic mass is 10.2. The Morgan fingerprint density at radius 1 is 1.42 bits per heavy atom. The Morgan fingerprint density at radius 2 is 2.00 bits per heavy atom. The molecule has 0 aliphatic carbocycles. The molecule has 2 N–H and O–H groups in total. The first kappa shape index (κ1) is 11.4. The molecular formula is C8H18N2O2. The quantitative estimate of drug-likeness (QED) is 0.469. The van der Waals surface area contributed by atoms with Crippen molar-refractivity contribution in [1.82, 2.24) is 10.9 Å². The molecule has 0 aliphatic rings. The molecular weight excluding hydrogens is 156 g/mol. The number of hydrazine groups is 1. The Morgan fingerprint density at radius 3 is 2.33 bits per heavy atom. The van der Waals surface area contributed by atoms with E-state index in [0.717, 1.165) is 0 Å². The summed E-state index contributed by atoms with van der Waals surface area (Å²) in [6, 6.07) is 0.0566. The number of hydrogen-bond donors (Lipinski definition) is 2. The summed E-state index contributed by atoms with van der Waals surface area (Å²) >= 11 is 0. The van der Waals surface area contributed by atoms with Crippen molar-refractivity contribution in [1.29, 1.82) is 0 Å². The molecule has 72 valence electrons. The number of esters is 1. The van der Waals surface area contributed by atoms with Gasteiger partial charge in [-0.15, -0.1) is 0 Å². The zero-order valence-electron chi connectivity index (χ0n) is 8.18. The average molecular weight is 174 g/mol. The molecule has 0 bridgehead atoms. The van der Waals surface area contributed by atoms with Gasteiger partial charge in [-0.25, -0.2) is 5.43 Å². The van der Waals surface area contributed by atoms with Crippen LogP contribution in [-0.2, 0) is 9.53 Å². The van der Waals surface area contributed by atoms with Crippen LogP contribution < -0.4 is 10.9 Å². The number of rotatable bonds is 5. The molecule has 0 saturated carbocycles. The van der Waals surface area contributed by atoms with E-state index in [-0.39, 0.29) is 12.0 Å². The molecule has 0 radical (unpaired) electrons. The molecule has 0 aromatic carbocycles. The van der Waals surface area contributed by atoms with Crippen molar-refractivity contribution >= 4 is 5.97 Å². The number of carbonyl (C=O) groups excluding carboxylic acids is 1. The maximum Gasteiger partial charge on any atom is 0.324 e. The van der Waals surface area contributed by atoms with Crippen LogP contribution >= 0.6 is 0 Å². The maximum atomic E-state index is 11.0. The van der Waals surface area contributed by atoms with Gasteiger partial charge in [0.25, 0.3) is 0 Å². The normalized spacial score (nSPS) is 13.1. The summed E-state index contributed by atoms with van der Waals surface area (Å²) in [5.41, 5.74) is 5.86. The van der Waals surface area contributed by atoms with Crippen molar-refractivity contribution < 1.29 is 9.53 Å². The minimum atomic E-state index is -0.252. The Labute approximate surface area is 73.6 Å². The highest BCUT2D eigenvalue weighted by Crippen LogP contribution is 1.92. The molecule has 0 fully saturated rings.